The van der Waals surface area contributed by atoms with Gasteiger partial charge in [0.25, 0.3) is 5.91 Å². The number of rotatable bonds is 9. The quantitative estimate of drug-likeness (QED) is 0.527. The Balaban J connectivity index is 1.49. The number of methoxy groups -OCH3 is 3. The van der Waals surface area contributed by atoms with Gasteiger partial charge in [0.2, 0.25) is 0 Å². The third-order valence-corrected chi connectivity index (χ3v) is 5.95. The molecule has 1 N–H and O–H groups in total. The monoisotopic (exact) mass is 451 g/mol. The Morgan fingerprint density at radius 3 is 2.36 bits per heavy atom. The minimum absolute atomic E-state index is 0.0761. The molecule has 1 saturated heterocycles. The summed E-state index contributed by atoms with van der Waals surface area (Å²) in [4.78, 5) is 15.3. The summed E-state index contributed by atoms with van der Waals surface area (Å²) in [5, 5.41) is 7.01. The van der Waals surface area contributed by atoms with E-state index in [1.807, 2.05) is 12.1 Å². The summed E-state index contributed by atoms with van der Waals surface area (Å²) in [6.07, 6.45) is 2.32. The van der Waals surface area contributed by atoms with Crippen LogP contribution < -0.4 is 19.5 Å². The smallest absolute Gasteiger partial charge is 0.273 e. The van der Waals surface area contributed by atoms with E-state index in [0.717, 1.165) is 37.2 Å². The number of likely N-dealkylation sites (tertiary alicyclic amines) is 1. The van der Waals surface area contributed by atoms with Crippen molar-refractivity contribution in [1.82, 2.24) is 15.4 Å². The van der Waals surface area contributed by atoms with Crippen LogP contribution >= 0.6 is 0 Å². The highest BCUT2D eigenvalue weighted by molar-refractivity contribution is 5.93. The number of carbonyl (C=O) groups excluding carboxylic acids is 1. The predicted molar refractivity (Wildman–Crippen MR) is 124 cm³/mol. The minimum atomic E-state index is -0.287. The molecule has 1 atom stereocenters. The Kier molecular flexibility index (Phi) is 7.14. The highest BCUT2D eigenvalue weighted by Gasteiger charge is 2.25. The lowest BCUT2D eigenvalue weighted by Gasteiger charge is -2.28. The number of carbonyl (C=O) groups is 1. The zero-order valence-electron chi connectivity index (χ0n) is 19.2. The predicted octanol–water partition coefficient (Wildman–Crippen LogP) is 3.93. The van der Waals surface area contributed by atoms with Gasteiger partial charge in [0, 0.05) is 12.6 Å². The van der Waals surface area contributed by atoms with Crippen molar-refractivity contribution >= 4 is 5.91 Å². The van der Waals surface area contributed by atoms with Crippen molar-refractivity contribution in [2.45, 2.75) is 18.9 Å². The van der Waals surface area contributed by atoms with Crippen molar-refractivity contribution in [3.63, 3.8) is 0 Å². The summed E-state index contributed by atoms with van der Waals surface area (Å²) in [5.41, 5.74) is 2.02. The molecular formula is C25H29N3O5. The van der Waals surface area contributed by atoms with Crippen molar-refractivity contribution in [3.8, 4) is 28.6 Å². The second kappa shape index (κ2) is 10.4. The maximum absolute atomic E-state index is 12.9. The average Bonchev–Trinajstić information content (AvgIpc) is 3.57. The standard InChI is InChI=1S/C25H29N3O5/c1-30-18-8-6-17(7-9-18)22(28-12-4-5-13-28)16-26-25(29)21-15-24(33-27-21)20-14-19(31-2)10-11-23(20)32-3/h6-11,14-15,22H,4-5,12-13,16H2,1-3H3,(H,26,29). The molecule has 174 valence electrons. The second-order valence-corrected chi connectivity index (χ2v) is 7.88. The van der Waals surface area contributed by atoms with E-state index in [4.69, 9.17) is 18.7 Å². The Morgan fingerprint density at radius 2 is 1.70 bits per heavy atom. The molecule has 2 heterocycles. The summed E-state index contributed by atoms with van der Waals surface area (Å²) in [6.45, 7) is 2.49. The molecule has 0 aliphatic carbocycles. The first-order valence-electron chi connectivity index (χ1n) is 11.0. The maximum Gasteiger partial charge on any atom is 0.273 e. The summed E-state index contributed by atoms with van der Waals surface area (Å²) in [7, 11) is 4.82. The average molecular weight is 452 g/mol. The Morgan fingerprint density at radius 1 is 1.00 bits per heavy atom. The van der Waals surface area contributed by atoms with Crippen LogP contribution in [0, 0.1) is 0 Å². The molecule has 0 saturated carbocycles. The summed E-state index contributed by atoms with van der Waals surface area (Å²) < 4.78 is 21.4. The number of amides is 1. The molecule has 0 spiro atoms. The van der Waals surface area contributed by atoms with E-state index >= 15 is 0 Å². The number of nitrogens with zero attached hydrogens (tertiary/aromatic N) is 2. The molecule has 1 fully saturated rings. The molecule has 1 aliphatic heterocycles. The normalized spacial score (nSPS) is 14.6. The maximum atomic E-state index is 12.9. The first-order valence-corrected chi connectivity index (χ1v) is 11.0. The SMILES string of the molecule is COc1ccc(C(CNC(=O)c2cc(-c3cc(OC)ccc3OC)on2)N2CCCC2)cc1. The molecule has 8 nitrogen and oxygen atoms in total. The van der Waals surface area contributed by atoms with E-state index < -0.39 is 0 Å². The lowest BCUT2D eigenvalue weighted by molar-refractivity contribution is 0.0929. The van der Waals surface area contributed by atoms with Gasteiger partial charge in [-0.15, -0.1) is 0 Å². The molecule has 3 aromatic rings. The van der Waals surface area contributed by atoms with Gasteiger partial charge in [-0.1, -0.05) is 17.3 Å². The van der Waals surface area contributed by atoms with Gasteiger partial charge in [0.05, 0.1) is 32.9 Å². The lowest BCUT2D eigenvalue weighted by Crippen LogP contribution is -2.36. The topological polar surface area (TPSA) is 86.1 Å². The fraction of sp³-hybridized carbons (Fsp3) is 0.360. The van der Waals surface area contributed by atoms with E-state index in [9.17, 15) is 4.79 Å². The molecule has 2 aromatic carbocycles. The van der Waals surface area contributed by atoms with Crippen LogP contribution in [0.15, 0.2) is 53.1 Å². The molecule has 1 aliphatic rings. The zero-order valence-corrected chi connectivity index (χ0v) is 19.2. The largest absolute Gasteiger partial charge is 0.497 e. The van der Waals surface area contributed by atoms with Crippen LogP contribution in [0.1, 0.15) is 34.9 Å². The first kappa shape index (κ1) is 22.7. The van der Waals surface area contributed by atoms with Gasteiger partial charge in [0.1, 0.15) is 17.2 Å². The number of aromatic nitrogens is 1. The van der Waals surface area contributed by atoms with E-state index in [1.165, 1.54) is 0 Å². The van der Waals surface area contributed by atoms with Crippen LogP contribution in [-0.2, 0) is 0 Å². The van der Waals surface area contributed by atoms with E-state index in [2.05, 4.69) is 27.5 Å². The van der Waals surface area contributed by atoms with Gasteiger partial charge in [-0.3, -0.25) is 9.69 Å². The van der Waals surface area contributed by atoms with Crippen LogP contribution in [-0.4, -0.2) is 56.9 Å². The summed E-state index contributed by atoms with van der Waals surface area (Å²) >= 11 is 0. The number of hydrogen-bond donors (Lipinski definition) is 1. The van der Waals surface area contributed by atoms with Crippen molar-refractivity contribution in [3.05, 3.63) is 59.8 Å². The number of ether oxygens (including phenoxy) is 3. The van der Waals surface area contributed by atoms with Crippen molar-refractivity contribution in [2.75, 3.05) is 41.0 Å². The summed E-state index contributed by atoms with van der Waals surface area (Å²) in [6, 6.07) is 15.1. The number of hydrogen-bond acceptors (Lipinski definition) is 7. The highest BCUT2D eigenvalue weighted by Crippen LogP contribution is 2.34. The van der Waals surface area contributed by atoms with Gasteiger partial charge in [0.15, 0.2) is 11.5 Å². The third kappa shape index (κ3) is 5.12. The van der Waals surface area contributed by atoms with Crippen molar-refractivity contribution in [1.29, 1.82) is 0 Å². The summed E-state index contributed by atoms with van der Waals surface area (Å²) in [5.74, 6) is 2.21. The highest BCUT2D eigenvalue weighted by atomic mass is 16.5. The Labute approximate surface area is 193 Å². The Bertz CT molecular complexity index is 1070. The van der Waals surface area contributed by atoms with Gasteiger partial charge in [-0.05, 0) is 61.8 Å². The molecule has 1 aromatic heterocycles. The lowest BCUT2D eigenvalue weighted by atomic mass is 10.1. The molecule has 1 amide bonds. The second-order valence-electron chi connectivity index (χ2n) is 7.88. The van der Waals surface area contributed by atoms with E-state index in [0.29, 0.717) is 29.4 Å². The van der Waals surface area contributed by atoms with Crippen molar-refractivity contribution in [2.24, 2.45) is 0 Å². The molecule has 1 unspecified atom stereocenters. The van der Waals surface area contributed by atoms with E-state index in [-0.39, 0.29) is 17.6 Å². The molecule has 0 bridgehead atoms. The molecule has 8 heteroatoms. The first-order chi connectivity index (χ1) is 16.1. The Hall–Kier alpha value is -3.52. The van der Waals surface area contributed by atoms with Crippen LogP contribution in [0.2, 0.25) is 0 Å². The van der Waals surface area contributed by atoms with E-state index in [1.54, 1.807) is 45.6 Å². The molecular weight excluding hydrogens is 422 g/mol. The van der Waals surface area contributed by atoms with Crippen LogP contribution in [0.4, 0.5) is 0 Å². The fourth-order valence-corrected chi connectivity index (χ4v) is 4.13. The van der Waals surface area contributed by atoms with Gasteiger partial charge in [-0.25, -0.2) is 0 Å². The van der Waals surface area contributed by atoms with Crippen LogP contribution in [0.3, 0.4) is 0 Å². The van der Waals surface area contributed by atoms with Crippen molar-refractivity contribution < 1.29 is 23.5 Å². The molecule has 4 rings (SSSR count). The van der Waals surface area contributed by atoms with Crippen LogP contribution in [0.25, 0.3) is 11.3 Å². The van der Waals surface area contributed by atoms with Crippen LogP contribution in [0.5, 0.6) is 17.2 Å². The number of benzene rings is 2. The third-order valence-electron chi connectivity index (χ3n) is 5.95. The van der Waals surface area contributed by atoms with Gasteiger partial charge < -0.3 is 24.1 Å². The van der Waals surface area contributed by atoms with Gasteiger partial charge in [-0.2, -0.15) is 0 Å². The molecule has 0 radical (unpaired) electrons. The number of nitrogens with one attached hydrogen (secondary N) is 1. The molecule has 33 heavy (non-hydrogen) atoms. The minimum Gasteiger partial charge on any atom is -0.497 e. The van der Waals surface area contributed by atoms with Gasteiger partial charge >= 0.3 is 0 Å². The fourth-order valence-electron chi connectivity index (χ4n) is 4.13. The zero-order chi connectivity index (χ0) is 23.2.